The van der Waals surface area contributed by atoms with Crippen LogP contribution in [0, 0.1) is 0 Å². The number of benzene rings is 1. The first-order valence-corrected chi connectivity index (χ1v) is 11.6. The molecule has 0 saturated carbocycles. The second-order valence-electron chi connectivity index (χ2n) is 8.64. The van der Waals surface area contributed by atoms with Gasteiger partial charge in [-0.25, -0.2) is 9.97 Å². The molecule has 2 aliphatic heterocycles. The zero-order valence-electron chi connectivity index (χ0n) is 19.2. The van der Waals surface area contributed by atoms with E-state index in [4.69, 9.17) is 24.2 Å². The Kier molecular flexibility index (Phi) is 7.45. The minimum atomic E-state index is 0.539. The Hall–Kier alpha value is -2.12. The first kappa shape index (κ1) is 22.1. The number of fused-ring (bicyclic) bond motifs is 1. The number of rotatable bonds is 8. The summed E-state index contributed by atoms with van der Waals surface area (Å²) in [5.41, 5.74) is 0.925. The Bertz CT molecular complexity index is 870. The van der Waals surface area contributed by atoms with Crippen molar-refractivity contribution in [1.29, 1.82) is 0 Å². The minimum Gasteiger partial charge on any atom is -0.493 e. The molecule has 0 bridgehead atoms. The number of piperidine rings is 2. The van der Waals surface area contributed by atoms with Crippen molar-refractivity contribution < 1.29 is 14.2 Å². The highest BCUT2D eigenvalue weighted by atomic mass is 16.5. The number of ether oxygens (including phenoxy) is 3. The summed E-state index contributed by atoms with van der Waals surface area (Å²) < 4.78 is 16.5. The van der Waals surface area contributed by atoms with Crippen molar-refractivity contribution in [2.45, 2.75) is 57.5 Å². The highest BCUT2D eigenvalue weighted by Gasteiger charge is 2.25. The summed E-state index contributed by atoms with van der Waals surface area (Å²) in [4.78, 5) is 15.1. The first-order valence-electron chi connectivity index (χ1n) is 11.6. The third kappa shape index (κ3) is 5.04. The quantitative estimate of drug-likeness (QED) is 0.629. The number of aromatic nitrogens is 2. The molecule has 0 spiro atoms. The fourth-order valence-electron chi connectivity index (χ4n) is 4.93. The van der Waals surface area contributed by atoms with E-state index in [1.165, 1.54) is 38.5 Å². The van der Waals surface area contributed by atoms with Gasteiger partial charge >= 0.3 is 0 Å². The molecule has 4 rings (SSSR count). The fraction of sp³-hybridized carbons (Fsp3) is 0.667. The van der Waals surface area contributed by atoms with Gasteiger partial charge in [-0.15, -0.1) is 0 Å². The molecule has 0 N–H and O–H groups in total. The first-order chi connectivity index (χ1) is 15.2. The Labute approximate surface area is 185 Å². The lowest BCUT2D eigenvalue weighted by Crippen LogP contribution is -2.40. The SMILES string of the molecule is COCCC1CCCCN1Cc1nc(N2CCCCC2)c2cc(OC)c(OC)cc2n1. The van der Waals surface area contributed by atoms with Gasteiger partial charge in [0.05, 0.1) is 26.3 Å². The van der Waals surface area contributed by atoms with E-state index in [-0.39, 0.29) is 0 Å². The van der Waals surface area contributed by atoms with Gasteiger partial charge in [0.25, 0.3) is 0 Å². The van der Waals surface area contributed by atoms with Crippen LogP contribution in [0.3, 0.4) is 0 Å². The maximum absolute atomic E-state index is 5.57. The lowest BCUT2D eigenvalue weighted by molar-refractivity contribution is 0.0954. The average molecular weight is 429 g/mol. The van der Waals surface area contributed by atoms with Gasteiger partial charge in [0.2, 0.25) is 0 Å². The predicted octanol–water partition coefficient (Wildman–Crippen LogP) is 4.03. The van der Waals surface area contributed by atoms with Crippen molar-refractivity contribution in [3.05, 3.63) is 18.0 Å². The van der Waals surface area contributed by atoms with Crippen LogP contribution in [-0.2, 0) is 11.3 Å². The average Bonchev–Trinajstić information content (AvgIpc) is 2.82. The highest BCUT2D eigenvalue weighted by Crippen LogP contribution is 2.36. The van der Waals surface area contributed by atoms with E-state index in [2.05, 4.69) is 9.80 Å². The van der Waals surface area contributed by atoms with Crippen LogP contribution in [0.5, 0.6) is 11.5 Å². The van der Waals surface area contributed by atoms with Crippen molar-refractivity contribution in [2.75, 3.05) is 52.5 Å². The van der Waals surface area contributed by atoms with Gasteiger partial charge in [0.15, 0.2) is 11.5 Å². The molecule has 7 heteroatoms. The molecule has 1 aromatic heterocycles. The molecule has 170 valence electrons. The van der Waals surface area contributed by atoms with Crippen molar-refractivity contribution in [3.8, 4) is 11.5 Å². The van der Waals surface area contributed by atoms with E-state index in [0.717, 1.165) is 67.5 Å². The molecule has 2 aromatic rings. The number of anilines is 1. The number of nitrogens with zero attached hydrogens (tertiary/aromatic N) is 4. The van der Waals surface area contributed by atoms with Gasteiger partial charge in [-0.3, -0.25) is 4.90 Å². The lowest BCUT2D eigenvalue weighted by atomic mass is 9.99. The van der Waals surface area contributed by atoms with Crippen molar-refractivity contribution >= 4 is 16.7 Å². The molecule has 2 fully saturated rings. The van der Waals surface area contributed by atoms with Crippen LogP contribution in [0.25, 0.3) is 10.9 Å². The summed E-state index contributed by atoms with van der Waals surface area (Å²) in [6.07, 6.45) is 8.52. The van der Waals surface area contributed by atoms with E-state index in [9.17, 15) is 0 Å². The minimum absolute atomic E-state index is 0.539. The van der Waals surface area contributed by atoms with Gasteiger partial charge in [-0.1, -0.05) is 6.42 Å². The fourth-order valence-corrected chi connectivity index (χ4v) is 4.93. The molecule has 2 aliphatic rings. The second-order valence-corrected chi connectivity index (χ2v) is 8.64. The van der Waals surface area contributed by atoms with E-state index >= 15 is 0 Å². The van der Waals surface area contributed by atoms with Gasteiger partial charge in [0.1, 0.15) is 11.6 Å². The number of hydrogen-bond donors (Lipinski definition) is 0. The maximum atomic E-state index is 5.57. The van der Waals surface area contributed by atoms with Crippen LogP contribution in [0.15, 0.2) is 12.1 Å². The Morgan fingerprint density at radius 1 is 0.903 bits per heavy atom. The Morgan fingerprint density at radius 3 is 2.39 bits per heavy atom. The number of methoxy groups -OCH3 is 3. The largest absolute Gasteiger partial charge is 0.493 e. The summed E-state index contributed by atoms with van der Waals surface area (Å²) in [7, 11) is 5.13. The molecular weight excluding hydrogens is 392 g/mol. The van der Waals surface area contributed by atoms with Crippen LogP contribution in [0.1, 0.15) is 50.8 Å². The third-order valence-corrected chi connectivity index (χ3v) is 6.63. The lowest BCUT2D eigenvalue weighted by Gasteiger charge is -2.35. The standard InChI is InChI=1S/C24H36N4O3/c1-29-14-10-18-9-5-8-13-28(18)17-23-25-20-16-22(31-3)21(30-2)15-19(20)24(26-23)27-11-6-4-7-12-27/h15-16,18H,4-14,17H2,1-3H3. The molecule has 31 heavy (non-hydrogen) atoms. The van der Waals surface area contributed by atoms with Gasteiger partial charge in [-0.2, -0.15) is 0 Å². The third-order valence-electron chi connectivity index (χ3n) is 6.63. The van der Waals surface area contributed by atoms with Crippen molar-refractivity contribution in [3.63, 3.8) is 0 Å². The normalized spacial score (nSPS) is 20.2. The maximum Gasteiger partial charge on any atom is 0.162 e. The van der Waals surface area contributed by atoms with Crippen LogP contribution in [-0.4, -0.2) is 68.5 Å². The van der Waals surface area contributed by atoms with Crippen molar-refractivity contribution in [2.24, 2.45) is 0 Å². The van der Waals surface area contributed by atoms with Crippen LogP contribution in [0.2, 0.25) is 0 Å². The second kappa shape index (κ2) is 10.5. The highest BCUT2D eigenvalue weighted by molar-refractivity contribution is 5.92. The molecule has 0 amide bonds. The Balaban J connectivity index is 1.71. The van der Waals surface area contributed by atoms with Crippen LogP contribution in [0.4, 0.5) is 5.82 Å². The number of likely N-dealkylation sites (tertiary alicyclic amines) is 1. The molecule has 0 aliphatic carbocycles. The molecule has 1 aromatic carbocycles. The van der Waals surface area contributed by atoms with E-state index in [0.29, 0.717) is 11.8 Å². The zero-order valence-corrected chi connectivity index (χ0v) is 19.2. The summed E-state index contributed by atoms with van der Waals surface area (Å²) >= 11 is 0. The smallest absolute Gasteiger partial charge is 0.162 e. The summed E-state index contributed by atoms with van der Waals surface area (Å²) in [6.45, 7) is 4.76. The van der Waals surface area contributed by atoms with Gasteiger partial charge < -0.3 is 19.1 Å². The van der Waals surface area contributed by atoms with E-state index < -0.39 is 0 Å². The summed E-state index contributed by atoms with van der Waals surface area (Å²) in [5.74, 6) is 3.36. The topological polar surface area (TPSA) is 60.0 Å². The molecular formula is C24H36N4O3. The van der Waals surface area contributed by atoms with Crippen molar-refractivity contribution in [1.82, 2.24) is 14.9 Å². The molecule has 3 heterocycles. The van der Waals surface area contributed by atoms with Gasteiger partial charge in [-0.05, 0) is 51.1 Å². The molecule has 7 nitrogen and oxygen atoms in total. The predicted molar refractivity (Wildman–Crippen MR) is 123 cm³/mol. The van der Waals surface area contributed by atoms with Crippen LogP contribution >= 0.6 is 0 Å². The number of hydrogen-bond acceptors (Lipinski definition) is 7. The summed E-state index contributed by atoms with van der Waals surface area (Å²) in [6, 6.07) is 4.56. The molecule has 1 unspecified atom stereocenters. The molecule has 1 atom stereocenters. The van der Waals surface area contributed by atoms with Gasteiger partial charge in [0, 0.05) is 44.3 Å². The molecule has 2 saturated heterocycles. The van der Waals surface area contributed by atoms with E-state index in [1.807, 2.05) is 12.1 Å². The Morgan fingerprint density at radius 2 is 1.65 bits per heavy atom. The zero-order chi connectivity index (χ0) is 21.6. The summed E-state index contributed by atoms with van der Waals surface area (Å²) in [5, 5.41) is 1.04. The molecule has 0 radical (unpaired) electrons. The van der Waals surface area contributed by atoms with E-state index in [1.54, 1.807) is 21.3 Å². The monoisotopic (exact) mass is 428 g/mol. The van der Waals surface area contributed by atoms with Crippen LogP contribution < -0.4 is 14.4 Å².